The van der Waals surface area contributed by atoms with Crippen molar-refractivity contribution >= 4 is 46.3 Å². The first-order valence-electron chi connectivity index (χ1n) is 9.25. The Morgan fingerprint density at radius 3 is 2.18 bits per heavy atom. The molecule has 33 heavy (non-hydrogen) atoms. The Kier molecular flexibility index (Phi) is 8.56. The minimum atomic E-state index is -4.10. The predicted molar refractivity (Wildman–Crippen MR) is 118 cm³/mol. The van der Waals surface area contributed by atoms with Crippen molar-refractivity contribution in [1.82, 2.24) is 10.0 Å². The summed E-state index contributed by atoms with van der Waals surface area (Å²) in [5, 5.41) is 29.7. The first-order valence-corrected chi connectivity index (χ1v) is 11.4. The summed E-state index contributed by atoms with van der Waals surface area (Å²) < 4.78 is 27.1. The fourth-order valence-electron chi connectivity index (χ4n) is 2.66. The third kappa shape index (κ3) is 7.03. The highest BCUT2D eigenvalue weighted by Gasteiger charge is 2.23. The molecule has 0 heterocycles. The number of phenols is 1. The molecule has 1 atom stereocenters. The number of aliphatic carboxylic acids is 1. The molecule has 0 spiro atoms. The number of aromatic carboxylic acids is 1. The summed E-state index contributed by atoms with van der Waals surface area (Å²) in [5.74, 6) is -4.81. The van der Waals surface area contributed by atoms with Crippen molar-refractivity contribution in [3.05, 3.63) is 59.2 Å². The molecule has 5 N–H and O–H groups in total. The van der Waals surface area contributed by atoms with Gasteiger partial charge in [-0.15, -0.1) is 0 Å². The normalized spacial score (nSPS) is 12.0. The lowest BCUT2D eigenvalue weighted by Crippen LogP contribution is -2.43. The lowest BCUT2D eigenvalue weighted by Gasteiger charge is -2.15. The van der Waals surface area contributed by atoms with Crippen LogP contribution in [-0.4, -0.2) is 59.2 Å². The maximum Gasteiger partial charge on any atom is 0.339 e. The van der Waals surface area contributed by atoms with Gasteiger partial charge in [-0.05, 0) is 35.9 Å². The minimum Gasteiger partial charge on any atom is -0.507 e. The van der Waals surface area contributed by atoms with Gasteiger partial charge in [-0.3, -0.25) is 14.4 Å². The average Bonchev–Trinajstić information content (AvgIpc) is 2.76. The molecule has 176 valence electrons. The molecule has 0 saturated carbocycles. The molecule has 1 amide bonds. The molecule has 0 bridgehead atoms. The first-order chi connectivity index (χ1) is 15.4. The Morgan fingerprint density at radius 1 is 1.00 bits per heavy atom. The summed E-state index contributed by atoms with van der Waals surface area (Å²) >= 11 is 3.80. The summed E-state index contributed by atoms with van der Waals surface area (Å²) in [4.78, 5) is 45.7. The van der Waals surface area contributed by atoms with Crippen molar-refractivity contribution in [3.8, 4) is 5.75 Å². The van der Waals surface area contributed by atoms with Crippen LogP contribution in [0, 0.1) is 0 Å². The second kappa shape index (κ2) is 10.9. The first kappa shape index (κ1) is 25.8. The molecule has 13 heteroatoms. The van der Waals surface area contributed by atoms with E-state index in [4.69, 9.17) is 10.2 Å². The highest BCUT2D eigenvalue weighted by atomic mass is 32.2. The Hall–Kier alpha value is -3.42. The van der Waals surface area contributed by atoms with Crippen LogP contribution in [0.1, 0.15) is 32.7 Å². The number of hydrogen-bond donors (Lipinski definition) is 6. The van der Waals surface area contributed by atoms with Gasteiger partial charge in [0, 0.05) is 12.1 Å². The highest BCUT2D eigenvalue weighted by Crippen LogP contribution is 2.21. The van der Waals surface area contributed by atoms with E-state index in [2.05, 4.69) is 22.7 Å². The fourth-order valence-corrected chi connectivity index (χ4v) is 3.92. The van der Waals surface area contributed by atoms with Crippen LogP contribution in [0.2, 0.25) is 0 Å². The van der Waals surface area contributed by atoms with Crippen LogP contribution in [0.15, 0.2) is 47.4 Å². The molecule has 2 aromatic carbocycles. The monoisotopic (exact) mass is 496 g/mol. The van der Waals surface area contributed by atoms with Gasteiger partial charge in [0.05, 0.1) is 23.1 Å². The summed E-state index contributed by atoms with van der Waals surface area (Å²) in [7, 11) is -4.10. The van der Waals surface area contributed by atoms with E-state index in [9.17, 15) is 32.7 Å². The molecule has 0 aliphatic carbocycles. The van der Waals surface area contributed by atoms with Crippen molar-refractivity contribution in [1.29, 1.82) is 0 Å². The Balaban J connectivity index is 2.07. The molecule has 0 aliphatic heterocycles. The number of nitrogens with one attached hydrogen (secondary N) is 2. The van der Waals surface area contributed by atoms with Gasteiger partial charge >= 0.3 is 11.9 Å². The SMILES string of the molecule is O=C(O)C[C@H](NC(=O)c1ccc(CNS(=O)(=O)c2ccc(O)c(C(=O)O)c2)cc1)C(=O)CS. The van der Waals surface area contributed by atoms with Gasteiger partial charge in [0.25, 0.3) is 5.91 Å². The molecule has 0 unspecified atom stereocenters. The fraction of sp³-hybridized carbons (Fsp3) is 0.200. The van der Waals surface area contributed by atoms with Crippen molar-refractivity contribution in [3.63, 3.8) is 0 Å². The Bertz CT molecular complexity index is 1180. The minimum absolute atomic E-state index is 0.119. The predicted octanol–water partition coefficient (Wildman–Crippen LogP) is 0.641. The zero-order chi connectivity index (χ0) is 24.8. The van der Waals surface area contributed by atoms with Gasteiger partial charge in [0.1, 0.15) is 11.3 Å². The summed E-state index contributed by atoms with van der Waals surface area (Å²) in [5.41, 5.74) is 0.0142. The number of carboxylic acids is 2. The van der Waals surface area contributed by atoms with Crippen LogP contribution in [-0.2, 0) is 26.2 Å². The molecule has 2 aromatic rings. The number of thiol groups is 1. The molecule has 0 aliphatic rings. The van der Waals surface area contributed by atoms with Crippen LogP contribution >= 0.6 is 12.6 Å². The lowest BCUT2D eigenvalue weighted by atomic mass is 10.1. The Morgan fingerprint density at radius 2 is 1.64 bits per heavy atom. The molecule has 0 radical (unpaired) electrons. The second-order valence-electron chi connectivity index (χ2n) is 6.75. The quantitative estimate of drug-likeness (QED) is 0.243. The van der Waals surface area contributed by atoms with E-state index in [1.165, 1.54) is 24.3 Å². The third-order valence-electron chi connectivity index (χ3n) is 4.42. The molecule has 0 fully saturated rings. The van der Waals surface area contributed by atoms with E-state index in [0.717, 1.165) is 18.2 Å². The number of rotatable bonds is 11. The lowest BCUT2D eigenvalue weighted by molar-refractivity contribution is -0.139. The number of carbonyl (C=O) groups excluding carboxylic acids is 2. The highest BCUT2D eigenvalue weighted by molar-refractivity contribution is 7.89. The van der Waals surface area contributed by atoms with E-state index in [-0.39, 0.29) is 22.8 Å². The smallest absolute Gasteiger partial charge is 0.339 e. The van der Waals surface area contributed by atoms with Gasteiger partial charge in [0.15, 0.2) is 5.78 Å². The molecule has 11 nitrogen and oxygen atoms in total. The van der Waals surface area contributed by atoms with Crippen LogP contribution < -0.4 is 10.0 Å². The maximum absolute atomic E-state index is 12.4. The standard InChI is InChI=1S/C20H20N2O9S2/c23-16-6-5-13(7-14(16)20(28)29)33(30,31)21-9-11-1-3-12(4-2-11)19(27)22-15(8-18(25)26)17(24)10-32/h1-7,15,21,23,32H,8-10H2,(H,22,27)(H,25,26)(H,28,29)/t15-/m0/s1. The number of amides is 1. The zero-order valence-electron chi connectivity index (χ0n) is 16.9. The van der Waals surface area contributed by atoms with E-state index in [1.54, 1.807) is 0 Å². The van der Waals surface area contributed by atoms with Crippen molar-refractivity contribution in [2.24, 2.45) is 0 Å². The van der Waals surface area contributed by atoms with Gasteiger partial charge in [-0.25, -0.2) is 17.9 Å². The molecule has 2 rings (SSSR count). The molecule has 0 aromatic heterocycles. The third-order valence-corrected chi connectivity index (χ3v) is 6.13. The van der Waals surface area contributed by atoms with E-state index < -0.39 is 57.4 Å². The molecular formula is C20H20N2O9S2. The number of carbonyl (C=O) groups is 4. The van der Waals surface area contributed by atoms with E-state index >= 15 is 0 Å². The summed E-state index contributed by atoms with van der Waals surface area (Å²) in [6.45, 7) is -0.187. The number of benzene rings is 2. The van der Waals surface area contributed by atoms with Crippen molar-refractivity contribution < 1.29 is 42.9 Å². The van der Waals surface area contributed by atoms with Crippen LogP contribution in [0.3, 0.4) is 0 Å². The number of ketones is 1. The molecule has 0 saturated heterocycles. The largest absolute Gasteiger partial charge is 0.507 e. The number of Topliss-reactive ketones (excluding diaryl/α,β-unsaturated/α-hetero) is 1. The van der Waals surface area contributed by atoms with Crippen LogP contribution in [0.4, 0.5) is 0 Å². The summed E-state index contributed by atoms with van der Waals surface area (Å²) in [6.07, 6.45) is -0.591. The van der Waals surface area contributed by atoms with Gasteiger partial charge in [-0.2, -0.15) is 12.6 Å². The van der Waals surface area contributed by atoms with E-state index in [1.807, 2.05) is 0 Å². The number of carboxylic acid groups (broad SMARTS) is 2. The second-order valence-corrected chi connectivity index (χ2v) is 8.84. The Labute approximate surface area is 193 Å². The van der Waals surface area contributed by atoms with Crippen molar-refractivity contribution in [2.75, 3.05) is 5.75 Å². The average molecular weight is 497 g/mol. The topological polar surface area (TPSA) is 187 Å². The van der Waals surface area contributed by atoms with Gasteiger partial charge in [0.2, 0.25) is 10.0 Å². The van der Waals surface area contributed by atoms with Gasteiger partial charge < -0.3 is 20.6 Å². The van der Waals surface area contributed by atoms with Crippen LogP contribution in [0.25, 0.3) is 0 Å². The number of sulfonamides is 1. The maximum atomic E-state index is 12.4. The van der Waals surface area contributed by atoms with Gasteiger partial charge in [-0.1, -0.05) is 12.1 Å². The van der Waals surface area contributed by atoms with Crippen molar-refractivity contribution in [2.45, 2.75) is 23.9 Å². The van der Waals surface area contributed by atoms with Crippen LogP contribution in [0.5, 0.6) is 5.75 Å². The number of hydrogen-bond acceptors (Lipinski definition) is 8. The zero-order valence-corrected chi connectivity index (χ0v) is 18.6. The molecular weight excluding hydrogens is 476 g/mol. The van der Waals surface area contributed by atoms with E-state index in [0.29, 0.717) is 5.56 Å². The summed E-state index contributed by atoms with van der Waals surface area (Å²) in [6, 6.07) is 7.23. The number of aromatic hydroxyl groups is 1.